The van der Waals surface area contributed by atoms with Crippen LogP contribution in [0.3, 0.4) is 0 Å². The maximum absolute atomic E-state index is 12.3. The molecule has 2 aromatic rings. The summed E-state index contributed by atoms with van der Waals surface area (Å²) in [6.07, 6.45) is 0.890. The van der Waals surface area contributed by atoms with E-state index in [1.165, 1.54) is 0 Å². The van der Waals surface area contributed by atoms with Crippen molar-refractivity contribution in [2.75, 3.05) is 33.4 Å². The molecule has 0 aliphatic rings. The van der Waals surface area contributed by atoms with Crippen molar-refractivity contribution in [1.29, 1.82) is 0 Å². The highest BCUT2D eigenvalue weighted by molar-refractivity contribution is 6.08. The summed E-state index contributed by atoms with van der Waals surface area (Å²) in [5, 5.41) is 8.82. The first-order chi connectivity index (χ1) is 11.2. The van der Waals surface area contributed by atoms with Crippen LogP contribution in [0, 0.1) is 0 Å². The molecule has 2 aromatic carbocycles. The zero-order valence-electron chi connectivity index (χ0n) is 13.4. The third kappa shape index (κ3) is 5.51. The van der Waals surface area contributed by atoms with Gasteiger partial charge in [0, 0.05) is 24.2 Å². The van der Waals surface area contributed by atoms with Gasteiger partial charge in [0.15, 0.2) is 5.78 Å². The summed E-state index contributed by atoms with van der Waals surface area (Å²) in [6, 6.07) is 16.5. The van der Waals surface area contributed by atoms with Crippen LogP contribution in [0.15, 0.2) is 54.6 Å². The van der Waals surface area contributed by atoms with Crippen molar-refractivity contribution in [1.82, 2.24) is 4.90 Å². The molecule has 0 radical (unpaired) electrons. The molecule has 0 aliphatic carbocycles. The second kappa shape index (κ2) is 9.08. The van der Waals surface area contributed by atoms with Crippen molar-refractivity contribution in [3.8, 4) is 5.75 Å². The van der Waals surface area contributed by atoms with Crippen LogP contribution in [0.2, 0.25) is 0 Å². The number of likely N-dealkylation sites (N-methyl/N-ethyl adjacent to an activating group) is 1. The van der Waals surface area contributed by atoms with Gasteiger partial charge in [-0.1, -0.05) is 30.3 Å². The number of carbonyl (C=O) groups excluding carboxylic acids is 1. The van der Waals surface area contributed by atoms with Crippen LogP contribution < -0.4 is 4.74 Å². The molecule has 4 heteroatoms. The van der Waals surface area contributed by atoms with E-state index in [0.717, 1.165) is 18.7 Å². The molecule has 0 saturated heterocycles. The minimum atomic E-state index is 0.0165. The van der Waals surface area contributed by atoms with Gasteiger partial charge in [-0.05, 0) is 37.7 Å². The van der Waals surface area contributed by atoms with Gasteiger partial charge >= 0.3 is 0 Å². The highest BCUT2D eigenvalue weighted by Crippen LogP contribution is 2.15. The summed E-state index contributed by atoms with van der Waals surface area (Å²) in [6.45, 7) is 2.34. The van der Waals surface area contributed by atoms with Gasteiger partial charge in [-0.3, -0.25) is 4.79 Å². The van der Waals surface area contributed by atoms with Gasteiger partial charge in [0.2, 0.25) is 0 Å². The number of aliphatic hydroxyl groups is 1. The van der Waals surface area contributed by atoms with E-state index in [0.29, 0.717) is 24.3 Å². The van der Waals surface area contributed by atoms with Crippen LogP contribution >= 0.6 is 0 Å². The Morgan fingerprint density at radius 1 is 1.00 bits per heavy atom. The van der Waals surface area contributed by atoms with E-state index in [4.69, 9.17) is 9.84 Å². The maximum atomic E-state index is 12.3. The van der Waals surface area contributed by atoms with E-state index in [-0.39, 0.29) is 12.4 Å². The fraction of sp³-hybridized carbons (Fsp3) is 0.316. The average molecular weight is 313 g/mol. The Morgan fingerprint density at radius 3 is 2.30 bits per heavy atom. The number of carbonyl (C=O) groups is 1. The zero-order valence-corrected chi connectivity index (χ0v) is 13.4. The molecule has 0 amide bonds. The standard InChI is InChI=1S/C19H23NO3/c1-20(13-14-21)12-5-15-23-18-10-8-17(9-11-18)19(22)16-6-3-2-4-7-16/h2-4,6-11,21H,5,12-15H2,1H3. The van der Waals surface area contributed by atoms with Gasteiger partial charge in [0.25, 0.3) is 0 Å². The first kappa shape index (κ1) is 17.2. The van der Waals surface area contributed by atoms with Crippen molar-refractivity contribution in [3.63, 3.8) is 0 Å². The zero-order chi connectivity index (χ0) is 16.5. The predicted octanol–water partition coefficient (Wildman–Crippen LogP) is 2.61. The van der Waals surface area contributed by atoms with Gasteiger partial charge in [0.05, 0.1) is 13.2 Å². The summed E-state index contributed by atoms with van der Waals surface area (Å²) in [4.78, 5) is 14.3. The lowest BCUT2D eigenvalue weighted by Crippen LogP contribution is -2.24. The van der Waals surface area contributed by atoms with Crippen molar-refractivity contribution in [2.24, 2.45) is 0 Å². The Morgan fingerprint density at radius 2 is 1.65 bits per heavy atom. The predicted molar refractivity (Wildman–Crippen MR) is 91.0 cm³/mol. The minimum Gasteiger partial charge on any atom is -0.494 e. The number of rotatable bonds is 9. The Kier molecular flexibility index (Phi) is 6.78. The highest BCUT2D eigenvalue weighted by Gasteiger charge is 2.08. The molecule has 0 saturated carbocycles. The van der Waals surface area contributed by atoms with Gasteiger partial charge < -0.3 is 14.7 Å². The summed E-state index contributed by atoms with van der Waals surface area (Å²) in [7, 11) is 1.97. The lowest BCUT2D eigenvalue weighted by molar-refractivity contribution is 0.103. The van der Waals surface area contributed by atoms with Crippen molar-refractivity contribution < 1.29 is 14.6 Å². The normalized spacial score (nSPS) is 10.7. The van der Waals surface area contributed by atoms with Crippen molar-refractivity contribution >= 4 is 5.78 Å². The Bertz CT molecular complexity index is 596. The smallest absolute Gasteiger partial charge is 0.193 e. The van der Waals surface area contributed by atoms with E-state index in [2.05, 4.69) is 4.90 Å². The quantitative estimate of drug-likeness (QED) is 0.571. The lowest BCUT2D eigenvalue weighted by atomic mass is 10.0. The molecule has 0 atom stereocenters. The van der Waals surface area contributed by atoms with Gasteiger partial charge in [-0.2, -0.15) is 0 Å². The van der Waals surface area contributed by atoms with Gasteiger partial charge in [0.1, 0.15) is 5.75 Å². The monoisotopic (exact) mass is 313 g/mol. The van der Waals surface area contributed by atoms with E-state index in [1.54, 1.807) is 12.1 Å². The van der Waals surface area contributed by atoms with Crippen LogP contribution in [-0.4, -0.2) is 49.1 Å². The summed E-state index contributed by atoms with van der Waals surface area (Å²) < 4.78 is 5.67. The second-order valence-electron chi connectivity index (χ2n) is 5.45. The Labute approximate surface area is 137 Å². The molecule has 23 heavy (non-hydrogen) atoms. The largest absolute Gasteiger partial charge is 0.494 e. The molecule has 0 aromatic heterocycles. The molecule has 0 aliphatic heterocycles. The number of ketones is 1. The highest BCUT2D eigenvalue weighted by atomic mass is 16.5. The third-order valence-electron chi connectivity index (χ3n) is 3.59. The van der Waals surface area contributed by atoms with E-state index >= 15 is 0 Å². The number of aliphatic hydroxyl groups excluding tert-OH is 1. The van der Waals surface area contributed by atoms with Crippen LogP contribution in [0.25, 0.3) is 0 Å². The Balaban J connectivity index is 1.82. The second-order valence-corrected chi connectivity index (χ2v) is 5.45. The SMILES string of the molecule is CN(CCO)CCCOc1ccc(C(=O)c2ccccc2)cc1. The van der Waals surface area contributed by atoms with Crippen LogP contribution in [0.1, 0.15) is 22.3 Å². The first-order valence-corrected chi connectivity index (χ1v) is 7.82. The van der Waals surface area contributed by atoms with Gasteiger partial charge in [-0.15, -0.1) is 0 Å². The maximum Gasteiger partial charge on any atom is 0.193 e. The van der Waals surface area contributed by atoms with Crippen molar-refractivity contribution in [3.05, 3.63) is 65.7 Å². The number of nitrogens with zero attached hydrogens (tertiary/aromatic N) is 1. The number of ether oxygens (including phenoxy) is 1. The molecular weight excluding hydrogens is 290 g/mol. The summed E-state index contributed by atoms with van der Waals surface area (Å²) in [5.74, 6) is 0.780. The average Bonchev–Trinajstić information content (AvgIpc) is 2.60. The number of benzene rings is 2. The molecule has 4 nitrogen and oxygen atoms in total. The molecule has 122 valence electrons. The molecule has 0 heterocycles. The lowest BCUT2D eigenvalue weighted by Gasteiger charge is -2.14. The number of hydrogen-bond acceptors (Lipinski definition) is 4. The molecular formula is C19H23NO3. The van der Waals surface area contributed by atoms with Gasteiger partial charge in [-0.25, -0.2) is 0 Å². The van der Waals surface area contributed by atoms with E-state index in [9.17, 15) is 4.79 Å². The molecule has 0 fully saturated rings. The third-order valence-corrected chi connectivity index (χ3v) is 3.59. The fourth-order valence-electron chi connectivity index (χ4n) is 2.27. The van der Waals surface area contributed by atoms with Crippen LogP contribution in [0.4, 0.5) is 0 Å². The first-order valence-electron chi connectivity index (χ1n) is 7.82. The van der Waals surface area contributed by atoms with Crippen LogP contribution in [0.5, 0.6) is 5.75 Å². The van der Waals surface area contributed by atoms with Crippen molar-refractivity contribution in [2.45, 2.75) is 6.42 Å². The van der Waals surface area contributed by atoms with E-state index in [1.807, 2.05) is 49.5 Å². The topological polar surface area (TPSA) is 49.8 Å². The molecule has 2 rings (SSSR count). The van der Waals surface area contributed by atoms with E-state index < -0.39 is 0 Å². The fourth-order valence-corrected chi connectivity index (χ4v) is 2.27. The molecule has 0 bridgehead atoms. The molecule has 1 N–H and O–H groups in total. The molecule has 0 unspecified atom stereocenters. The summed E-state index contributed by atoms with van der Waals surface area (Å²) in [5.41, 5.74) is 1.35. The van der Waals surface area contributed by atoms with Crippen LogP contribution in [-0.2, 0) is 0 Å². The molecule has 0 spiro atoms. The minimum absolute atomic E-state index is 0.0165. The number of hydrogen-bond donors (Lipinski definition) is 1. The Hall–Kier alpha value is -2.17. The summed E-state index contributed by atoms with van der Waals surface area (Å²) >= 11 is 0.